The summed E-state index contributed by atoms with van der Waals surface area (Å²) in [5, 5.41) is 3.29. The maximum atomic E-state index is 5.69. The molecule has 0 aliphatic heterocycles. The van der Waals surface area contributed by atoms with E-state index in [0.29, 0.717) is 16.4 Å². The predicted molar refractivity (Wildman–Crippen MR) is 77.2 cm³/mol. The van der Waals surface area contributed by atoms with Crippen LogP contribution in [-0.2, 0) is 0 Å². The fourth-order valence-corrected chi connectivity index (χ4v) is 2.16. The molecular weight excluding hydrogens is 292 g/mol. The normalized spacial score (nSPS) is 12.1. The van der Waals surface area contributed by atoms with Crippen molar-refractivity contribution >= 4 is 27.7 Å². The van der Waals surface area contributed by atoms with E-state index in [2.05, 4.69) is 50.3 Å². The first-order chi connectivity index (χ1) is 8.69. The van der Waals surface area contributed by atoms with Gasteiger partial charge in [-0.25, -0.2) is 4.98 Å². The van der Waals surface area contributed by atoms with Gasteiger partial charge >= 0.3 is 0 Å². The minimum Gasteiger partial charge on any atom is -0.383 e. The highest BCUT2D eigenvalue weighted by Crippen LogP contribution is 2.21. The summed E-state index contributed by atoms with van der Waals surface area (Å²) in [6, 6.07) is 12.1. The van der Waals surface area contributed by atoms with Gasteiger partial charge in [-0.1, -0.05) is 37.3 Å². The van der Waals surface area contributed by atoms with E-state index in [1.807, 2.05) is 18.2 Å². The van der Waals surface area contributed by atoms with Crippen molar-refractivity contribution in [3.63, 3.8) is 0 Å². The zero-order chi connectivity index (χ0) is 13.0. The summed E-state index contributed by atoms with van der Waals surface area (Å²) in [6.45, 7) is 2.12. The van der Waals surface area contributed by atoms with Gasteiger partial charge in [0.2, 0.25) is 5.95 Å². The highest BCUT2D eigenvalue weighted by atomic mass is 79.9. The lowest BCUT2D eigenvalue weighted by Gasteiger charge is -2.17. The quantitative estimate of drug-likeness (QED) is 0.850. The van der Waals surface area contributed by atoms with Gasteiger partial charge in [-0.2, -0.15) is 4.98 Å². The number of nitrogens with one attached hydrogen (secondary N) is 1. The molecule has 0 saturated heterocycles. The van der Waals surface area contributed by atoms with E-state index in [4.69, 9.17) is 5.73 Å². The van der Waals surface area contributed by atoms with E-state index in [1.165, 1.54) is 5.56 Å². The average Bonchev–Trinajstić information content (AvgIpc) is 2.36. The van der Waals surface area contributed by atoms with Gasteiger partial charge in [0.25, 0.3) is 0 Å². The molecule has 94 valence electrons. The van der Waals surface area contributed by atoms with Crippen molar-refractivity contribution in [2.45, 2.75) is 19.4 Å². The predicted octanol–water partition coefficient (Wildman–Crippen LogP) is 3.38. The Morgan fingerprint density at radius 2 is 2.00 bits per heavy atom. The number of nitrogens with two attached hydrogens (primary N) is 1. The van der Waals surface area contributed by atoms with Crippen LogP contribution in [0.15, 0.2) is 41.0 Å². The molecule has 1 atom stereocenters. The summed E-state index contributed by atoms with van der Waals surface area (Å²) in [6.07, 6.45) is 0.944. The first kappa shape index (κ1) is 12.8. The van der Waals surface area contributed by atoms with Crippen LogP contribution in [-0.4, -0.2) is 9.97 Å². The molecular formula is C13H15BrN4. The second kappa shape index (κ2) is 5.82. The number of halogens is 1. The Morgan fingerprint density at radius 1 is 1.28 bits per heavy atom. The maximum absolute atomic E-state index is 5.69. The Hall–Kier alpha value is -1.62. The number of aromatic nitrogens is 2. The van der Waals surface area contributed by atoms with E-state index >= 15 is 0 Å². The number of nitrogens with zero attached hydrogens (tertiary/aromatic N) is 2. The molecule has 0 amide bonds. The summed E-state index contributed by atoms with van der Waals surface area (Å²) >= 11 is 3.31. The molecule has 1 heterocycles. The van der Waals surface area contributed by atoms with Crippen LogP contribution in [0.25, 0.3) is 0 Å². The topological polar surface area (TPSA) is 63.8 Å². The van der Waals surface area contributed by atoms with E-state index < -0.39 is 0 Å². The summed E-state index contributed by atoms with van der Waals surface area (Å²) in [7, 11) is 0. The lowest BCUT2D eigenvalue weighted by atomic mass is 10.1. The van der Waals surface area contributed by atoms with Crippen molar-refractivity contribution in [3.8, 4) is 0 Å². The lowest BCUT2D eigenvalue weighted by molar-refractivity contribution is 0.738. The number of nitrogen functional groups attached to an aromatic ring is 1. The smallest absolute Gasteiger partial charge is 0.226 e. The van der Waals surface area contributed by atoms with Crippen molar-refractivity contribution in [3.05, 3.63) is 46.6 Å². The largest absolute Gasteiger partial charge is 0.383 e. The number of benzene rings is 1. The molecule has 4 nitrogen and oxygen atoms in total. The Labute approximate surface area is 115 Å². The zero-order valence-electron chi connectivity index (χ0n) is 10.1. The van der Waals surface area contributed by atoms with Crippen LogP contribution in [0.2, 0.25) is 0 Å². The van der Waals surface area contributed by atoms with E-state index in [9.17, 15) is 0 Å². The third-order valence-electron chi connectivity index (χ3n) is 2.63. The van der Waals surface area contributed by atoms with Gasteiger partial charge in [-0.3, -0.25) is 0 Å². The molecule has 1 unspecified atom stereocenters. The van der Waals surface area contributed by atoms with E-state index in [0.717, 1.165) is 6.42 Å². The van der Waals surface area contributed by atoms with Crippen molar-refractivity contribution in [2.75, 3.05) is 11.1 Å². The molecule has 0 radical (unpaired) electrons. The van der Waals surface area contributed by atoms with Crippen molar-refractivity contribution < 1.29 is 0 Å². The van der Waals surface area contributed by atoms with E-state index in [1.54, 1.807) is 6.07 Å². The summed E-state index contributed by atoms with van der Waals surface area (Å²) in [5.74, 6) is 0.986. The Kier molecular flexibility index (Phi) is 4.15. The third kappa shape index (κ3) is 3.20. The Morgan fingerprint density at radius 3 is 2.61 bits per heavy atom. The molecule has 18 heavy (non-hydrogen) atoms. The van der Waals surface area contributed by atoms with Crippen LogP contribution in [0, 0.1) is 0 Å². The summed E-state index contributed by atoms with van der Waals surface area (Å²) in [4.78, 5) is 8.43. The number of anilines is 2. The van der Waals surface area contributed by atoms with Crippen LogP contribution < -0.4 is 11.1 Å². The number of hydrogen-bond acceptors (Lipinski definition) is 4. The zero-order valence-corrected chi connectivity index (χ0v) is 11.7. The Bertz CT molecular complexity index is 495. The van der Waals surface area contributed by atoms with Gasteiger partial charge in [-0.05, 0) is 27.9 Å². The fourth-order valence-electron chi connectivity index (χ4n) is 1.76. The molecule has 3 N–H and O–H groups in total. The molecule has 2 rings (SSSR count). The molecule has 0 spiro atoms. The van der Waals surface area contributed by atoms with Crippen LogP contribution in [0.5, 0.6) is 0 Å². The third-order valence-corrected chi connectivity index (χ3v) is 3.03. The van der Waals surface area contributed by atoms with Crippen molar-refractivity contribution in [1.29, 1.82) is 0 Å². The van der Waals surface area contributed by atoms with Crippen LogP contribution in [0.1, 0.15) is 24.9 Å². The average molecular weight is 307 g/mol. The van der Waals surface area contributed by atoms with E-state index in [-0.39, 0.29) is 6.04 Å². The molecule has 2 aromatic rings. The molecule has 0 fully saturated rings. The Balaban J connectivity index is 2.20. The van der Waals surface area contributed by atoms with Gasteiger partial charge in [0.15, 0.2) is 0 Å². The summed E-state index contributed by atoms with van der Waals surface area (Å²) in [5.41, 5.74) is 6.90. The van der Waals surface area contributed by atoms with Crippen molar-refractivity contribution in [2.24, 2.45) is 0 Å². The lowest BCUT2D eigenvalue weighted by Crippen LogP contribution is -2.12. The SMILES string of the molecule is CCC(Nc1nc(N)cc(Br)n1)c1ccccc1. The highest BCUT2D eigenvalue weighted by Gasteiger charge is 2.10. The molecule has 5 heteroatoms. The monoisotopic (exact) mass is 306 g/mol. The summed E-state index contributed by atoms with van der Waals surface area (Å²) < 4.78 is 0.681. The molecule has 1 aromatic heterocycles. The van der Waals surface area contributed by atoms with Crippen LogP contribution in [0.4, 0.5) is 11.8 Å². The molecule has 0 aliphatic carbocycles. The number of hydrogen-bond donors (Lipinski definition) is 2. The van der Waals surface area contributed by atoms with Gasteiger partial charge in [0.1, 0.15) is 10.4 Å². The molecule has 0 aliphatic rings. The van der Waals surface area contributed by atoms with Crippen LogP contribution >= 0.6 is 15.9 Å². The second-order valence-electron chi connectivity index (χ2n) is 3.95. The van der Waals surface area contributed by atoms with Crippen LogP contribution in [0.3, 0.4) is 0 Å². The number of rotatable bonds is 4. The first-order valence-corrected chi connectivity index (χ1v) is 6.60. The molecule has 0 bridgehead atoms. The van der Waals surface area contributed by atoms with Gasteiger partial charge < -0.3 is 11.1 Å². The molecule has 1 aromatic carbocycles. The van der Waals surface area contributed by atoms with Gasteiger partial charge in [0, 0.05) is 6.07 Å². The fraction of sp³-hybridized carbons (Fsp3) is 0.231. The van der Waals surface area contributed by atoms with Gasteiger partial charge in [-0.15, -0.1) is 0 Å². The van der Waals surface area contributed by atoms with Gasteiger partial charge in [0.05, 0.1) is 6.04 Å². The van der Waals surface area contributed by atoms with Crippen molar-refractivity contribution in [1.82, 2.24) is 9.97 Å². The second-order valence-corrected chi connectivity index (χ2v) is 4.77. The molecule has 0 saturated carbocycles. The standard InChI is InChI=1S/C13H15BrN4/c1-2-10(9-6-4-3-5-7-9)16-13-17-11(14)8-12(15)18-13/h3-8,10H,2H2,1H3,(H3,15,16,17,18). The minimum absolute atomic E-state index is 0.180. The first-order valence-electron chi connectivity index (χ1n) is 5.80. The maximum Gasteiger partial charge on any atom is 0.226 e. The highest BCUT2D eigenvalue weighted by molar-refractivity contribution is 9.10. The minimum atomic E-state index is 0.180.